The first-order valence-electron chi connectivity index (χ1n) is 10.6. The molecule has 0 aliphatic heterocycles. The summed E-state index contributed by atoms with van der Waals surface area (Å²) in [7, 11) is -3.09. The predicted molar refractivity (Wildman–Crippen MR) is 133 cm³/mol. The Kier molecular flexibility index (Phi) is 6.70. The average molecular weight is 491 g/mol. The van der Waals surface area contributed by atoms with Gasteiger partial charge in [-0.15, -0.1) is 0 Å². The van der Waals surface area contributed by atoms with Gasteiger partial charge in [0.05, 0.1) is 12.8 Å². The summed E-state index contributed by atoms with van der Waals surface area (Å²) in [6, 6.07) is 22.9. The Morgan fingerprint density at radius 2 is 1.54 bits per heavy atom. The number of urea groups is 1. The first-order chi connectivity index (χ1) is 16.8. The summed E-state index contributed by atoms with van der Waals surface area (Å²) in [4.78, 5) is 24.9. The summed E-state index contributed by atoms with van der Waals surface area (Å²) in [5.74, 6) is -1.06. The lowest BCUT2D eigenvalue weighted by molar-refractivity contribution is 0.0599. The van der Waals surface area contributed by atoms with Gasteiger partial charge in [-0.3, -0.25) is 0 Å². The van der Waals surface area contributed by atoms with Gasteiger partial charge in [0.25, 0.3) is 0 Å². The number of esters is 1. The number of fused-ring (bicyclic) bond motifs is 1. The van der Waals surface area contributed by atoms with E-state index in [-0.39, 0.29) is 21.9 Å². The van der Waals surface area contributed by atoms with Crippen molar-refractivity contribution in [1.82, 2.24) is 0 Å². The highest BCUT2D eigenvalue weighted by Crippen LogP contribution is 2.29. The van der Waals surface area contributed by atoms with E-state index in [1.54, 1.807) is 31.2 Å². The Morgan fingerprint density at radius 3 is 2.31 bits per heavy atom. The van der Waals surface area contributed by atoms with Gasteiger partial charge < -0.3 is 19.6 Å². The van der Waals surface area contributed by atoms with Crippen molar-refractivity contribution >= 4 is 44.3 Å². The van der Waals surface area contributed by atoms with Crippen LogP contribution in [-0.4, -0.2) is 27.5 Å². The molecule has 4 aromatic rings. The number of anilines is 2. The van der Waals surface area contributed by atoms with Gasteiger partial charge in [0.1, 0.15) is 10.5 Å². The van der Waals surface area contributed by atoms with E-state index in [2.05, 4.69) is 10.6 Å². The first-order valence-corrected chi connectivity index (χ1v) is 12.0. The molecular formula is C26H22N2O6S. The van der Waals surface area contributed by atoms with Crippen molar-refractivity contribution < 1.29 is 26.9 Å². The molecule has 35 heavy (non-hydrogen) atoms. The zero-order chi connectivity index (χ0) is 25.0. The number of amides is 2. The molecule has 0 saturated heterocycles. The molecular weight excluding hydrogens is 468 g/mol. The highest BCUT2D eigenvalue weighted by Gasteiger charge is 2.23. The molecule has 4 aromatic carbocycles. The predicted octanol–water partition coefficient (Wildman–Crippen LogP) is 5.35. The van der Waals surface area contributed by atoms with Crippen LogP contribution in [0.15, 0.2) is 89.8 Å². The van der Waals surface area contributed by atoms with E-state index in [0.29, 0.717) is 11.3 Å². The van der Waals surface area contributed by atoms with E-state index in [4.69, 9.17) is 8.92 Å². The fourth-order valence-corrected chi connectivity index (χ4v) is 4.74. The standard InChI is InChI=1S/C26H22N2O6S/c1-17-8-3-6-13-24(17)35(31,32)34-23-16-19(14-15-21(23)25(29)33-2)27-26(30)28-22-12-7-10-18-9-4-5-11-20(18)22/h3-16H,1-2H3,(H2,27,28,30). The second kappa shape index (κ2) is 9.86. The maximum absolute atomic E-state index is 12.9. The number of hydrogen-bond donors (Lipinski definition) is 2. The third-order valence-electron chi connectivity index (χ3n) is 5.25. The Bertz CT molecular complexity index is 1530. The largest absolute Gasteiger partial charge is 0.465 e. The number of rotatable bonds is 6. The van der Waals surface area contributed by atoms with Gasteiger partial charge in [0.15, 0.2) is 5.75 Å². The lowest BCUT2D eigenvalue weighted by Crippen LogP contribution is -2.20. The maximum Gasteiger partial charge on any atom is 0.341 e. The third-order valence-corrected chi connectivity index (χ3v) is 6.64. The van der Waals surface area contributed by atoms with Crippen LogP contribution in [0.5, 0.6) is 5.75 Å². The second-order valence-electron chi connectivity index (χ2n) is 7.61. The summed E-state index contributed by atoms with van der Waals surface area (Å²) in [6.45, 7) is 1.63. The summed E-state index contributed by atoms with van der Waals surface area (Å²) in [5.41, 5.74) is 1.19. The van der Waals surface area contributed by atoms with Gasteiger partial charge in [0, 0.05) is 17.1 Å². The first kappa shape index (κ1) is 23.8. The minimum atomic E-state index is -4.26. The molecule has 4 rings (SSSR count). The molecule has 178 valence electrons. The summed E-state index contributed by atoms with van der Waals surface area (Å²) in [5, 5.41) is 7.25. The minimum Gasteiger partial charge on any atom is -0.465 e. The van der Waals surface area contributed by atoms with E-state index < -0.39 is 22.1 Å². The molecule has 9 heteroatoms. The molecule has 0 spiro atoms. The number of carbonyl (C=O) groups excluding carboxylic acids is 2. The van der Waals surface area contributed by atoms with E-state index in [1.165, 1.54) is 31.4 Å². The van der Waals surface area contributed by atoms with Crippen LogP contribution in [0.3, 0.4) is 0 Å². The topological polar surface area (TPSA) is 111 Å². The fourth-order valence-electron chi connectivity index (χ4n) is 3.57. The van der Waals surface area contributed by atoms with E-state index in [1.807, 2.05) is 36.4 Å². The summed E-state index contributed by atoms with van der Waals surface area (Å²) in [6.07, 6.45) is 0. The van der Waals surface area contributed by atoms with Gasteiger partial charge in [-0.1, -0.05) is 54.6 Å². The quantitative estimate of drug-likeness (QED) is 0.279. The van der Waals surface area contributed by atoms with Gasteiger partial charge in [-0.25, -0.2) is 9.59 Å². The van der Waals surface area contributed by atoms with Gasteiger partial charge in [-0.2, -0.15) is 8.42 Å². The Morgan fingerprint density at radius 1 is 0.829 bits per heavy atom. The molecule has 0 radical (unpaired) electrons. The number of benzene rings is 4. The molecule has 0 heterocycles. The van der Waals surface area contributed by atoms with Gasteiger partial charge in [0.2, 0.25) is 0 Å². The Balaban J connectivity index is 1.62. The molecule has 2 amide bonds. The van der Waals surface area contributed by atoms with Gasteiger partial charge >= 0.3 is 22.1 Å². The van der Waals surface area contributed by atoms with Crippen molar-refractivity contribution in [2.75, 3.05) is 17.7 Å². The Hall–Kier alpha value is -4.37. The number of hydrogen-bond acceptors (Lipinski definition) is 6. The Labute approximate surface area is 202 Å². The van der Waals surface area contributed by atoms with E-state index in [0.717, 1.165) is 10.8 Å². The van der Waals surface area contributed by atoms with E-state index >= 15 is 0 Å². The third kappa shape index (κ3) is 5.25. The molecule has 8 nitrogen and oxygen atoms in total. The zero-order valence-corrected chi connectivity index (χ0v) is 19.8. The minimum absolute atomic E-state index is 0.0390. The van der Waals surface area contributed by atoms with Crippen molar-refractivity contribution in [2.24, 2.45) is 0 Å². The van der Waals surface area contributed by atoms with Crippen LogP contribution in [0.25, 0.3) is 10.8 Å². The molecule has 0 aliphatic rings. The zero-order valence-electron chi connectivity index (χ0n) is 18.9. The monoisotopic (exact) mass is 490 g/mol. The molecule has 0 bridgehead atoms. The molecule has 0 aliphatic carbocycles. The van der Waals surface area contributed by atoms with Crippen LogP contribution in [-0.2, 0) is 14.9 Å². The lowest BCUT2D eigenvalue weighted by Gasteiger charge is -2.14. The number of ether oxygens (including phenoxy) is 1. The highest BCUT2D eigenvalue weighted by atomic mass is 32.2. The second-order valence-corrected chi connectivity index (χ2v) is 9.13. The molecule has 0 saturated carbocycles. The van der Waals surface area contributed by atoms with Crippen LogP contribution in [0, 0.1) is 6.92 Å². The van der Waals surface area contributed by atoms with E-state index in [9.17, 15) is 18.0 Å². The number of aryl methyl sites for hydroxylation is 1. The molecule has 0 atom stereocenters. The molecule has 0 fully saturated rings. The van der Waals surface area contributed by atoms with Crippen molar-refractivity contribution in [3.8, 4) is 5.75 Å². The lowest BCUT2D eigenvalue weighted by atomic mass is 10.1. The smallest absolute Gasteiger partial charge is 0.341 e. The summed E-state index contributed by atoms with van der Waals surface area (Å²) >= 11 is 0. The van der Waals surface area contributed by atoms with Crippen LogP contribution < -0.4 is 14.8 Å². The van der Waals surface area contributed by atoms with Crippen molar-refractivity contribution in [2.45, 2.75) is 11.8 Å². The molecule has 2 N–H and O–H groups in total. The normalized spacial score (nSPS) is 11.0. The number of nitrogens with one attached hydrogen (secondary N) is 2. The average Bonchev–Trinajstić information content (AvgIpc) is 2.84. The van der Waals surface area contributed by atoms with Crippen molar-refractivity contribution in [1.29, 1.82) is 0 Å². The van der Waals surface area contributed by atoms with Crippen LogP contribution in [0.2, 0.25) is 0 Å². The fraction of sp³-hybridized carbons (Fsp3) is 0.0769. The molecule has 0 aromatic heterocycles. The maximum atomic E-state index is 12.9. The van der Waals surface area contributed by atoms with Crippen molar-refractivity contribution in [3.05, 3.63) is 96.1 Å². The molecule has 0 unspecified atom stereocenters. The van der Waals surface area contributed by atoms with Crippen LogP contribution >= 0.6 is 0 Å². The van der Waals surface area contributed by atoms with Crippen LogP contribution in [0.4, 0.5) is 16.2 Å². The number of carbonyl (C=O) groups is 2. The SMILES string of the molecule is COC(=O)c1ccc(NC(=O)Nc2cccc3ccccc23)cc1OS(=O)(=O)c1ccccc1C. The van der Waals surface area contributed by atoms with Crippen molar-refractivity contribution in [3.63, 3.8) is 0 Å². The highest BCUT2D eigenvalue weighted by molar-refractivity contribution is 7.87. The number of methoxy groups -OCH3 is 1. The van der Waals surface area contributed by atoms with Gasteiger partial charge in [-0.05, 0) is 42.1 Å². The van der Waals surface area contributed by atoms with Crippen LogP contribution in [0.1, 0.15) is 15.9 Å². The summed E-state index contributed by atoms with van der Waals surface area (Å²) < 4.78 is 35.9.